The van der Waals surface area contributed by atoms with Crippen LogP contribution in [0.4, 0.5) is 11.9 Å². The molecular formula is C11H21N5O. The average Bonchev–Trinajstić information content (AvgIpc) is 2.37. The lowest BCUT2D eigenvalue weighted by Crippen LogP contribution is -2.30. The van der Waals surface area contributed by atoms with Crippen molar-refractivity contribution in [3.8, 4) is 6.01 Å². The number of aromatic nitrogens is 3. The van der Waals surface area contributed by atoms with Crippen LogP contribution in [-0.2, 0) is 0 Å². The Labute approximate surface area is 102 Å². The van der Waals surface area contributed by atoms with E-state index >= 15 is 0 Å². The van der Waals surface area contributed by atoms with E-state index in [0.29, 0.717) is 23.9 Å². The zero-order valence-corrected chi connectivity index (χ0v) is 11.2. The Hall–Kier alpha value is -1.59. The van der Waals surface area contributed by atoms with Crippen LogP contribution in [-0.4, -0.2) is 42.2 Å². The van der Waals surface area contributed by atoms with Crippen molar-refractivity contribution >= 4 is 11.9 Å². The van der Waals surface area contributed by atoms with Crippen LogP contribution in [0, 0.1) is 0 Å². The van der Waals surface area contributed by atoms with Gasteiger partial charge in [0.1, 0.15) is 0 Å². The number of nitrogens with zero attached hydrogens (tertiary/aromatic N) is 4. The maximum Gasteiger partial charge on any atom is 0.322 e. The predicted molar refractivity (Wildman–Crippen MR) is 68.7 cm³/mol. The molecule has 0 radical (unpaired) electrons. The van der Waals surface area contributed by atoms with Gasteiger partial charge in [0.15, 0.2) is 0 Å². The molecule has 1 rings (SSSR count). The van der Waals surface area contributed by atoms with Crippen molar-refractivity contribution in [2.45, 2.75) is 32.7 Å². The number of ether oxygens (including phenoxy) is 1. The van der Waals surface area contributed by atoms with E-state index in [1.807, 2.05) is 11.9 Å². The quantitative estimate of drug-likeness (QED) is 0.812. The molecule has 0 saturated carbocycles. The second-order valence-corrected chi connectivity index (χ2v) is 3.94. The first-order chi connectivity index (χ1) is 8.12. The summed E-state index contributed by atoms with van der Waals surface area (Å²) in [5, 5.41) is 2.90. The van der Waals surface area contributed by atoms with Gasteiger partial charge >= 0.3 is 6.01 Å². The highest BCUT2D eigenvalue weighted by molar-refractivity contribution is 5.38. The molecule has 0 aliphatic carbocycles. The van der Waals surface area contributed by atoms with Gasteiger partial charge in [0.2, 0.25) is 11.9 Å². The Morgan fingerprint density at radius 1 is 1.35 bits per heavy atom. The molecule has 96 valence electrons. The molecule has 6 nitrogen and oxygen atoms in total. The topological polar surface area (TPSA) is 63.2 Å². The fourth-order valence-corrected chi connectivity index (χ4v) is 1.52. The first-order valence-corrected chi connectivity index (χ1v) is 5.83. The fraction of sp³-hybridized carbons (Fsp3) is 0.727. The smallest absolute Gasteiger partial charge is 0.322 e. The standard InChI is InChI=1S/C11H21N5O/c1-6-7-8(2)16(4)10-13-9(12-3)14-11(15-10)17-5/h8H,6-7H2,1-5H3,(H,12,13,14,15). The van der Waals surface area contributed by atoms with E-state index in [1.165, 1.54) is 0 Å². The lowest BCUT2D eigenvalue weighted by atomic mass is 10.2. The summed E-state index contributed by atoms with van der Waals surface area (Å²) >= 11 is 0. The summed E-state index contributed by atoms with van der Waals surface area (Å²) in [4.78, 5) is 14.7. The largest absolute Gasteiger partial charge is 0.467 e. The highest BCUT2D eigenvalue weighted by Gasteiger charge is 2.14. The van der Waals surface area contributed by atoms with Crippen molar-refractivity contribution in [2.24, 2.45) is 0 Å². The minimum Gasteiger partial charge on any atom is -0.467 e. The van der Waals surface area contributed by atoms with Crippen molar-refractivity contribution in [3.05, 3.63) is 0 Å². The molecule has 1 aromatic heterocycles. The van der Waals surface area contributed by atoms with E-state index < -0.39 is 0 Å². The maximum atomic E-state index is 5.06. The molecule has 1 atom stereocenters. The Kier molecular flexibility index (Phi) is 4.93. The Morgan fingerprint density at radius 2 is 2.06 bits per heavy atom. The van der Waals surface area contributed by atoms with Crippen LogP contribution < -0.4 is 15.0 Å². The second kappa shape index (κ2) is 6.22. The third kappa shape index (κ3) is 3.44. The monoisotopic (exact) mass is 239 g/mol. The van der Waals surface area contributed by atoms with Crippen molar-refractivity contribution < 1.29 is 4.74 Å². The number of hydrogen-bond donors (Lipinski definition) is 1. The molecule has 0 aromatic carbocycles. The van der Waals surface area contributed by atoms with Gasteiger partial charge < -0.3 is 15.0 Å². The van der Waals surface area contributed by atoms with Gasteiger partial charge in [0, 0.05) is 20.1 Å². The molecule has 17 heavy (non-hydrogen) atoms. The number of methoxy groups -OCH3 is 1. The van der Waals surface area contributed by atoms with Gasteiger partial charge in [-0.15, -0.1) is 0 Å². The van der Waals surface area contributed by atoms with Gasteiger partial charge in [-0.2, -0.15) is 15.0 Å². The summed E-state index contributed by atoms with van der Waals surface area (Å²) in [5.74, 6) is 1.14. The molecular weight excluding hydrogens is 218 g/mol. The van der Waals surface area contributed by atoms with E-state index in [-0.39, 0.29) is 0 Å². The van der Waals surface area contributed by atoms with E-state index in [1.54, 1.807) is 14.2 Å². The molecule has 6 heteroatoms. The summed E-state index contributed by atoms with van der Waals surface area (Å²) in [6.07, 6.45) is 2.23. The molecule has 1 heterocycles. The normalized spacial score (nSPS) is 12.1. The number of hydrogen-bond acceptors (Lipinski definition) is 6. The highest BCUT2D eigenvalue weighted by Crippen LogP contribution is 2.16. The minimum absolute atomic E-state index is 0.329. The van der Waals surface area contributed by atoms with E-state index in [9.17, 15) is 0 Å². The van der Waals surface area contributed by atoms with Gasteiger partial charge in [-0.25, -0.2) is 0 Å². The Balaban J connectivity index is 2.95. The third-order valence-corrected chi connectivity index (χ3v) is 2.69. The van der Waals surface area contributed by atoms with Gasteiger partial charge in [0.05, 0.1) is 7.11 Å². The molecule has 0 aliphatic heterocycles. The molecule has 0 fully saturated rings. The first kappa shape index (κ1) is 13.5. The minimum atomic E-state index is 0.329. The lowest BCUT2D eigenvalue weighted by molar-refractivity contribution is 0.378. The summed E-state index contributed by atoms with van der Waals surface area (Å²) in [5.41, 5.74) is 0. The van der Waals surface area contributed by atoms with Crippen LogP contribution in [0.15, 0.2) is 0 Å². The average molecular weight is 239 g/mol. The van der Waals surface area contributed by atoms with E-state index in [0.717, 1.165) is 12.8 Å². The lowest BCUT2D eigenvalue weighted by Gasteiger charge is -2.24. The highest BCUT2D eigenvalue weighted by atomic mass is 16.5. The van der Waals surface area contributed by atoms with Crippen molar-refractivity contribution in [1.29, 1.82) is 0 Å². The Bertz CT molecular complexity index is 335. The van der Waals surface area contributed by atoms with Gasteiger partial charge in [-0.05, 0) is 13.3 Å². The molecule has 0 spiro atoms. The first-order valence-electron chi connectivity index (χ1n) is 5.83. The van der Waals surface area contributed by atoms with Gasteiger partial charge in [-0.1, -0.05) is 13.3 Å². The molecule has 1 aromatic rings. The van der Waals surface area contributed by atoms with Crippen LogP contribution in [0.25, 0.3) is 0 Å². The molecule has 1 N–H and O–H groups in total. The fourth-order valence-electron chi connectivity index (χ4n) is 1.52. The summed E-state index contributed by atoms with van der Waals surface area (Å²) in [7, 11) is 5.30. The Morgan fingerprint density at radius 3 is 2.59 bits per heavy atom. The van der Waals surface area contributed by atoms with E-state index in [2.05, 4.69) is 34.1 Å². The summed E-state index contributed by atoms with van der Waals surface area (Å²) < 4.78 is 5.06. The van der Waals surface area contributed by atoms with Crippen molar-refractivity contribution in [3.63, 3.8) is 0 Å². The molecule has 0 aliphatic rings. The maximum absolute atomic E-state index is 5.06. The predicted octanol–water partition coefficient (Wildman–Crippen LogP) is 1.55. The van der Waals surface area contributed by atoms with Crippen LogP contribution in [0.1, 0.15) is 26.7 Å². The van der Waals surface area contributed by atoms with Crippen LogP contribution in [0.5, 0.6) is 6.01 Å². The number of nitrogens with one attached hydrogen (secondary N) is 1. The molecule has 0 bridgehead atoms. The third-order valence-electron chi connectivity index (χ3n) is 2.69. The van der Waals surface area contributed by atoms with Crippen LogP contribution >= 0.6 is 0 Å². The summed E-state index contributed by atoms with van der Waals surface area (Å²) in [6.45, 7) is 4.32. The zero-order chi connectivity index (χ0) is 12.8. The van der Waals surface area contributed by atoms with Gasteiger partial charge in [0.25, 0.3) is 0 Å². The van der Waals surface area contributed by atoms with Crippen LogP contribution in [0.2, 0.25) is 0 Å². The second-order valence-electron chi connectivity index (χ2n) is 3.94. The number of anilines is 2. The SMILES string of the molecule is CCCC(C)N(C)c1nc(NC)nc(OC)n1. The van der Waals surface area contributed by atoms with E-state index in [4.69, 9.17) is 4.74 Å². The zero-order valence-electron chi connectivity index (χ0n) is 11.2. The van der Waals surface area contributed by atoms with Crippen LogP contribution in [0.3, 0.4) is 0 Å². The molecule has 1 unspecified atom stereocenters. The van der Waals surface area contributed by atoms with Gasteiger partial charge in [-0.3, -0.25) is 0 Å². The van der Waals surface area contributed by atoms with Crippen molar-refractivity contribution in [1.82, 2.24) is 15.0 Å². The number of rotatable bonds is 6. The van der Waals surface area contributed by atoms with Crippen molar-refractivity contribution in [2.75, 3.05) is 31.4 Å². The molecule has 0 saturated heterocycles. The molecule has 0 amide bonds. The summed E-state index contributed by atoms with van der Waals surface area (Å²) in [6, 6.07) is 0.715.